The molecule has 1 fully saturated rings. The van der Waals surface area contributed by atoms with E-state index >= 15 is 0 Å². The van der Waals surface area contributed by atoms with E-state index in [0.717, 1.165) is 5.69 Å². The first kappa shape index (κ1) is 9.83. The number of nitrogens with zero attached hydrogens (tertiary/aromatic N) is 1. The number of nitrogen functional groups attached to an aromatic ring is 1. The van der Waals surface area contributed by atoms with E-state index in [2.05, 4.69) is 0 Å². The van der Waals surface area contributed by atoms with Gasteiger partial charge in [0.25, 0.3) is 0 Å². The van der Waals surface area contributed by atoms with Crippen LogP contribution in [-0.4, -0.2) is 18.2 Å². The molecule has 1 aromatic carbocycles. The molecule has 1 saturated heterocycles. The van der Waals surface area contributed by atoms with Crippen LogP contribution in [-0.2, 0) is 4.74 Å². The van der Waals surface area contributed by atoms with Gasteiger partial charge in [-0.25, -0.2) is 4.79 Å². The average Bonchev–Trinajstić information content (AvgIpc) is 2.40. The highest BCUT2D eigenvalue weighted by atomic mass is 16.6. The first-order valence-electron chi connectivity index (χ1n) is 4.83. The summed E-state index contributed by atoms with van der Waals surface area (Å²) in [4.78, 5) is 13.2. The maximum Gasteiger partial charge on any atom is 0.414 e. The molecule has 0 saturated carbocycles. The van der Waals surface area contributed by atoms with Crippen LogP contribution in [0, 0.1) is 0 Å². The minimum atomic E-state index is -0.315. The lowest BCUT2D eigenvalue weighted by atomic mass is 10.1. The van der Waals surface area contributed by atoms with Crippen LogP contribution in [0.25, 0.3) is 0 Å². The molecule has 4 nitrogen and oxygen atoms in total. The van der Waals surface area contributed by atoms with Gasteiger partial charge in [0.1, 0.15) is 6.61 Å². The summed E-state index contributed by atoms with van der Waals surface area (Å²) in [6.45, 7) is 4.32. The molecule has 1 aromatic rings. The van der Waals surface area contributed by atoms with E-state index in [0.29, 0.717) is 12.3 Å². The van der Waals surface area contributed by atoms with Gasteiger partial charge < -0.3 is 10.5 Å². The third kappa shape index (κ3) is 1.63. The van der Waals surface area contributed by atoms with E-state index in [-0.39, 0.29) is 11.6 Å². The number of rotatable bonds is 1. The van der Waals surface area contributed by atoms with E-state index in [1.165, 1.54) is 0 Å². The van der Waals surface area contributed by atoms with E-state index in [1.807, 2.05) is 26.0 Å². The summed E-state index contributed by atoms with van der Waals surface area (Å²) in [6.07, 6.45) is -0.314. The monoisotopic (exact) mass is 206 g/mol. The topological polar surface area (TPSA) is 55.6 Å². The molecule has 0 radical (unpaired) electrons. The molecule has 80 valence electrons. The zero-order valence-corrected chi connectivity index (χ0v) is 8.86. The van der Waals surface area contributed by atoms with Crippen molar-refractivity contribution in [1.29, 1.82) is 0 Å². The second-order valence-electron chi connectivity index (χ2n) is 4.30. The Balaban J connectivity index is 2.41. The van der Waals surface area contributed by atoms with Gasteiger partial charge in [-0.15, -0.1) is 0 Å². The predicted octanol–water partition coefficient (Wildman–Crippen LogP) is 2.00. The highest BCUT2D eigenvalue weighted by Gasteiger charge is 2.40. The van der Waals surface area contributed by atoms with E-state index in [1.54, 1.807) is 17.0 Å². The summed E-state index contributed by atoms with van der Waals surface area (Å²) >= 11 is 0. The van der Waals surface area contributed by atoms with Crippen LogP contribution in [0.1, 0.15) is 13.8 Å². The minimum absolute atomic E-state index is 0.314. The van der Waals surface area contributed by atoms with Gasteiger partial charge in [0.05, 0.1) is 5.54 Å². The minimum Gasteiger partial charge on any atom is -0.447 e. The molecule has 2 rings (SSSR count). The molecule has 0 aliphatic carbocycles. The van der Waals surface area contributed by atoms with Gasteiger partial charge in [-0.3, -0.25) is 4.90 Å². The van der Waals surface area contributed by atoms with Crippen LogP contribution >= 0.6 is 0 Å². The fraction of sp³-hybridized carbons (Fsp3) is 0.364. The number of ether oxygens (including phenoxy) is 1. The standard InChI is InChI=1S/C11H14N2O2/c1-11(2)7-15-10(14)13(11)9-5-3-4-8(12)6-9/h3-6H,7,12H2,1-2H3. The molecular formula is C11H14N2O2. The van der Waals surface area contributed by atoms with Gasteiger partial charge in [-0.1, -0.05) is 6.07 Å². The van der Waals surface area contributed by atoms with Crippen molar-refractivity contribution in [2.24, 2.45) is 0 Å². The molecule has 1 heterocycles. The molecular weight excluding hydrogens is 192 g/mol. The molecule has 1 aliphatic rings. The fourth-order valence-corrected chi connectivity index (χ4v) is 1.73. The lowest BCUT2D eigenvalue weighted by Gasteiger charge is -2.27. The number of carbonyl (C=O) groups excluding carboxylic acids is 1. The maximum atomic E-state index is 11.6. The smallest absolute Gasteiger partial charge is 0.414 e. The molecule has 0 spiro atoms. The zero-order valence-electron chi connectivity index (χ0n) is 8.86. The first-order chi connectivity index (χ1) is 7.00. The summed E-state index contributed by atoms with van der Waals surface area (Å²) in [5.41, 5.74) is 6.79. The molecule has 0 atom stereocenters. The van der Waals surface area contributed by atoms with Crippen molar-refractivity contribution in [3.8, 4) is 0 Å². The largest absolute Gasteiger partial charge is 0.447 e. The van der Waals surface area contributed by atoms with Crippen molar-refractivity contribution >= 4 is 17.5 Å². The number of anilines is 2. The summed E-state index contributed by atoms with van der Waals surface area (Å²) < 4.78 is 5.02. The summed E-state index contributed by atoms with van der Waals surface area (Å²) in [6, 6.07) is 7.24. The lowest BCUT2D eigenvalue weighted by Crippen LogP contribution is -2.42. The Labute approximate surface area is 88.6 Å². The van der Waals surface area contributed by atoms with Crippen LogP contribution in [0.3, 0.4) is 0 Å². The van der Waals surface area contributed by atoms with Crippen molar-refractivity contribution in [3.63, 3.8) is 0 Å². The highest BCUT2D eigenvalue weighted by Crippen LogP contribution is 2.31. The van der Waals surface area contributed by atoms with Crippen LogP contribution in [0.15, 0.2) is 24.3 Å². The molecule has 2 N–H and O–H groups in total. The van der Waals surface area contributed by atoms with Crippen molar-refractivity contribution in [2.75, 3.05) is 17.2 Å². The van der Waals surface area contributed by atoms with Crippen LogP contribution in [0.4, 0.5) is 16.2 Å². The van der Waals surface area contributed by atoms with Crippen molar-refractivity contribution in [1.82, 2.24) is 0 Å². The van der Waals surface area contributed by atoms with Crippen LogP contribution in [0.2, 0.25) is 0 Å². The number of hydrogen-bond donors (Lipinski definition) is 1. The second-order valence-corrected chi connectivity index (χ2v) is 4.30. The summed E-state index contributed by atoms with van der Waals surface area (Å²) in [5, 5.41) is 0. The molecule has 0 bridgehead atoms. The number of cyclic esters (lactones) is 1. The Bertz CT molecular complexity index is 401. The zero-order chi connectivity index (χ0) is 11.1. The van der Waals surface area contributed by atoms with Crippen molar-refractivity contribution in [3.05, 3.63) is 24.3 Å². The molecule has 4 heteroatoms. The van der Waals surface area contributed by atoms with Crippen LogP contribution < -0.4 is 10.6 Å². The number of hydrogen-bond acceptors (Lipinski definition) is 3. The molecule has 1 aliphatic heterocycles. The van der Waals surface area contributed by atoms with Crippen molar-refractivity contribution in [2.45, 2.75) is 19.4 Å². The average molecular weight is 206 g/mol. The summed E-state index contributed by atoms with van der Waals surface area (Å²) in [5.74, 6) is 0. The fourth-order valence-electron chi connectivity index (χ4n) is 1.73. The van der Waals surface area contributed by atoms with Gasteiger partial charge in [-0.05, 0) is 32.0 Å². The Morgan fingerprint density at radius 2 is 2.20 bits per heavy atom. The third-order valence-electron chi connectivity index (χ3n) is 2.47. The molecule has 0 unspecified atom stereocenters. The second kappa shape index (κ2) is 3.15. The number of benzene rings is 1. The van der Waals surface area contributed by atoms with Gasteiger partial charge in [0.2, 0.25) is 0 Å². The summed E-state index contributed by atoms with van der Waals surface area (Å²) in [7, 11) is 0. The van der Waals surface area contributed by atoms with E-state index in [9.17, 15) is 4.79 Å². The van der Waals surface area contributed by atoms with Crippen LogP contribution in [0.5, 0.6) is 0 Å². The van der Waals surface area contributed by atoms with Crippen molar-refractivity contribution < 1.29 is 9.53 Å². The Kier molecular flexibility index (Phi) is 2.07. The predicted molar refractivity (Wildman–Crippen MR) is 58.8 cm³/mol. The third-order valence-corrected chi connectivity index (χ3v) is 2.47. The van der Waals surface area contributed by atoms with Gasteiger partial charge in [-0.2, -0.15) is 0 Å². The van der Waals surface area contributed by atoms with E-state index < -0.39 is 0 Å². The molecule has 1 amide bonds. The Morgan fingerprint density at radius 1 is 1.47 bits per heavy atom. The SMILES string of the molecule is CC1(C)COC(=O)N1c1cccc(N)c1. The quantitative estimate of drug-likeness (QED) is 0.715. The number of amides is 1. The highest BCUT2D eigenvalue weighted by molar-refractivity contribution is 5.91. The van der Waals surface area contributed by atoms with E-state index in [4.69, 9.17) is 10.5 Å². The first-order valence-corrected chi connectivity index (χ1v) is 4.83. The maximum absolute atomic E-state index is 11.6. The number of nitrogens with two attached hydrogens (primary N) is 1. The molecule has 0 aromatic heterocycles. The van der Waals surface area contributed by atoms with Gasteiger partial charge >= 0.3 is 6.09 Å². The normalized spacial score (nSPS) is 19.1. The molecule has 15 heavy (non-hydrogen) atoms. The Hall–Kier alpha value is -1.71. The Morgan fingerprint density at radius 3 is 2.73 bits per heavy atom. The lowest BCUT2D eigenvalue weighted by molar-refractivity contribution is 0.175. The van der Waals surface area contributed by atoms with Gasteiger partial charge in [0, 0.05) is 11.4 Å². The van der Waals surface area contributed by atoms with Gasteiger partial charge in [0.15, 0.2) is 0 Å². The number of carbonyl (C=O) groups is 1.